The van der Waals surface area contributed by atoms with Gasteiger partial charge in [-0.25, -0.2) is 4.39 Å². The topological polar surface area (TPSA) is 41.3 Å². The van der Waals surface area contributed by atoms with E-state index in [2.05, 4.69) is 24.3 Å². The van der Waals surface area contributed by atoms with Crippen molar-refractivity contribution in [2.45, 2.75) is 31.2 Å². The van der Waals surface area contributed by atoms with Crippen molar-refractivity contribution in [1.29, 1.82) is 0 Å². The Labute approximate surface area is 108 Å². The van der Waals surface area contributed by atoms with Gasteiger partial charge in [0.2, 0.25) is 0 Å². The summed E-state index contributed by atoms with van der Waals surface area (Å²) >= 11 is 0. The SMILES string of the molecule is CN(C)C1(CNc2cc(N)cc(F)c2)CCCC1. The first-order valence-electron chi connectivity index (χ1n) is 6.49. The fraction of sp³-hybridized carbons (Fsp3) is 0.571. The first kappa shape index (κ1) is 13.1. The summed E-state index contributed by atoms with van der Waals surface area (Å²) < 4.78 is 13.3. The Kier molecular flexibility index (Phi) is 3.76. The van der Waals surface area contributed by atoms with Crippen LogP contribution in [0.15, 0.2) is 18.2 Å². The lowest BCUT2D eigenvalue weighted by Gasteiger charge is -2.36. The number of hydrogen-bond donors (Lipinski definition) is 2. The van der Waals surface area contributed by atoms with Crippen LogP contribution in [0.2, 0.25) is 0 Å². The average Bonchev–Trinajstić information content (AvgIpc) is 2.75. The monoisotopic (exact) mass is 251 g/mol. The van der Waals surface area contributed by atoms with Gasteiger partial charge in [-0.3, -0.25) is 0 Å². The van der Waals surface area contributed by atoms with Crippen molar-refractivity contribution in [3.05, 3.63) is 24.0 Å². The molecule has 0 atom stereocenters. The molecule has 3 nitrogen and oxygen atoms in total. The molecule has 1 aromatic rings. The van der Waals surface area contributed by atoms with E-state index in [1.807, 2.05) is 0 Å². The van der Waals surface area contributed by atoms with Crippen LogP contribution in [-0.4, -0.2) is 31.1 Å². The number of rotatable bonds is 4. The highest BCUT2D eigenvalue weighted by molar-refractivity contribution is 5.54. The van der Waals surface area contributed by atoms with Crippen molar-refractivity contribution >= 4 is 11.4 Å². The molecule has 1 aliphatic rings. The third-order valence-corrected chi connectivity index (χ3v) is 4.02. The summed E-state index contributed by atoms with van der Waals surface area (Å²) in [5.41, 5.74) is 7.07. The van der Waals surface area contributed by atoms with E-state index in [0.717, 1.165) is 12.2 Å². The Morgan fingerprint density at radius 2 is 1.94 bits per heavy atom. The molecule has 1 saturated carbocycles. The highest BCUT2D eigenvalue weighted by Crippen LogP contribution is 2.34. The molecule has 0 heterocycles. The summed E-state index contributed by atoms with van der Waals surface area (Å²) in [5, 5.41) is 3.33. The zero-order valence-corrected chi connectivity index (χ0v) is 11.2. The van der Waals surface area contributed by atoms with Crippen molar-refractivity contribution in [2.75, 3.05) is 31.7 Å². The zero-order valence-electron chi connectivity index (χ0n) is 11.2. The van der Waals surface area contributed by atoms with Gasteiger partial charge < -0.3 is 16.0 Å². The quantitative estimate of drug-likeness (QED) is 0.808. The summed E-state index contributed by atoms with van der Waals surface area (Å²) in [6.07, 6.45) is 4.92. The van der Waals surface area contributed by atoms with Crippen LogP contribution in [0, 0.1) is 5.82 Å². The fourth-order valence-electron chi connectivity index (χ4n) is 2.80. The molecule has 3 N–H and O–H groups in total. The second kappa shape index (κ2) is 5.14. The van der Waals surface area contributed by atoms with Gasteiger partial charge in [-0.1, -0.05) is 12.8 Å². The molecule has 2 rings (SSSR count). The van der Waals surface area contributed by atoms with Gasteiger partial charge in [-0.05, 0) is 45.1 Å². The van der Waals surface area contributed by atoms with Gasteiger partial charge in [-0.15, -0.1) is 0 Å². The Balaban J connectivity index is 2.05. The lowest BCUT2D eigenvalue weighted by atomic mass is 9.96. The molecule has 0 aliphatic heterocycles. The Morgan fingerprint density at radius 3 is 2.50 bits per heavy atom. The highest BCUT2D eigenvalue weighted by Gasteiger charge is 2.35. The van der Waals surface area contributed by atoms with E-state index in [1.165, 1.54) is 37.8 Å². The minimum atomic E-state index is -0.289. The molecule has 1 aliphatic carbocycles. The van der Waals surface area contributed by atoms with Crippen LogP contribution >= 0.6 is 0 Å². The molecule has 1 fully saturated rings. The number of hydrogen-bond acceptors (Lipinski definition) is 3. The maximum absolute atomic E-state index is 13.3. The summed E-state index contributed by atoms with van der Waals surface area (Å²) in [7, 11) is 4.24. The van der Waals surface area contributed by atoms with Crippen molar-refractivity contribution in [3.63, 3.8) is 0 Å². The first-order chi connectivity index (χ1) is 8.52. The molecule has 0 unspecified atom stereocenters. The predicted molar refractivity (Wildman–Crippen MR) is 74.2 cm³/mol. The molecule has 0 radical (unpaired) electrons. The lowest BCUT2D eigenvalue weighted by Crippen LogP contribution is -2.47. The molecule has 4 heteroatoms. The molecule has 0 aromatic heterocycles. The average molecular weight is 251 g/mol. The molecule has 0 spiro atoms. The van der Waals surface area contributed by atoms with Crippen molar-refractivity contribution in [2.24, 2.45) is 0 Å². The zero-order chi connectivity index (χ0) is 13.2. The number of halogens is 1. The third kappa shape index (κ3) is 2.75. The van der Waals surface area contributed by atoms with Crippen LogP contribution in [0.5, 0.6) is 0 Å². The number of nitrogens with zero attached hydrogens (tertiary/aromatic N) is 1. The largest absolute Gasteiger partial charge is 0.399 e. The molecular weight excluding hydrogens is 229 g/mol. The molecule has 0 bridgehead atoms. The lowest BCUT2D eigenvalue weighted by molar-refractivity contribution is 0.172. The van der Waals surface area contributed by atoms with Gasteiger partial charge in [0.1, 0.15) is 5.82 Å². The van der Waals surface area contributed by atoms with E-state index in [0.29, 0.717) is 5.69 Å². The van der Waals surface area contributed by atoms with Gasteiger partial charge >= 0.3 is 0 Å². The van der Waals surface area contributed by atoms with Crippen LogP contribution in [0.25, 0.3) is 0 Å². The Hall–Kier alpha value is -1.29. The normalized spacial score (nSPS) is 18.2. The third-order valence-electron chi connectivity index (χ3n) is 4.02. The van der Waals surface area contributed by atoms with Gasteiger partial charge in [0.05, 0.1) is 0 Å². The Morgan fingerprint density at radius 1 is 1.28 bits per heavy atom. The van der Waals surface area contributed by atoms with Crippen LogP contribution < -0.4 is 11.1 Å². The fourth-order valence-corrected chi connectivity index (χ4v) is 2.80. The van der Waals surface area contributed by atoms with Crippen LogP contribution in [0.1, 0.15) is 25.7 Å². The minimum absolute atomic E-state index is 0.196. The molecule has 100 valence electrons. The number of benzene rings is 1. The van der Waals surface area contributed by atoms with E-state index in [9.17, 15) is 4.39 Å². The number of likely N-dealkylation sites (N-methyl/N-ethyl adjacent to an activating group) is 1. The maximum atomic E-state index is 13.3. The summed E-state index contributed by atoms with van der Waals surface area (Å²) in [4.78, 5) is 2.29. The van der Waals surface area contributed by atoms with E-state index in [-0.39, 0.29) is 11.4 Å². The van der Waals surface area contributed by atoms with Gasteiger partial charge in [0.15, 0.2) is 0 Å². The summed E-state index contributed by atoms with van der Waals surface area (Å²) in [5.74, 6) is -0.289. The Bertz CT molecular complexity index is 391. The van der Waals surface area contributed by atoms with Crippen LogP contribution in [0.3, 0.4) is 0 Å². The van der Waals surface area contributed by atoms with E-state index in [4.69, 9.17) is 5.73 Å². The van der Waals surface area contributed by atoms with Crippen molar-refractivity contribution in [1.82, 2.24) is 4.90 Å². The van der Waals surface area contributed by atoms with E-state index in [1.54, 1.807) is 6.07 Å². The smallest absolute Gasteiger partial charge is 0.127 e. The minimum Gasteiger partial charge on any atom is -0.399 e. The molecular formula is C14H22FN3. The number of nitrogens with one attached hydrogen (secondary N) is 1. The molecule has 1 aromatic carbocycles. The second-order valence-corrected chi connectivity index (χ2v) is 5.45. The predicted octanol–water partition coefficient (Wildman–Crippen LogP) is 2.69. The van der Waals surface area contributed by atoms with E-state index >= 15 is 0 Å². The van der Waals surface area contributed by atoms with Crippen LogP contribution in [-0.2, 0) is 0 Å². The van der Waals surface area contributed by atoms with Crippen molar-refractivity contribution in [3.8, 4) is 0 Å². The molecule has 0 saturated heterocycles. The van der Waals surface area contributed by atoms with Crippen molar-refractivity contribution < 1.29 is 4.39 Å². The number of nitrogens with two attached hydrogens (primary N) is 1. The second-order valence-electron chi connectivity index (χ2n) is 5.45. The standard InChI is InChI=1S/C14H22FN3/c1-18(2)14(5-3-4-6-14)10-17-13-8-11(15)7-12(16)9-13/h7-9,17H,3-6,10,16H2,1-2H3. The van der Waals surface area contributed by atoms with Gasteiger partial charge in [0, 0.05) is 23.5 Å². The van der Waals surface area contributed by atoms with Crippen LogP contribution in [0.4, 0.5) is 15.8 Å². The summed E-state index contributed by atoms with van der Waals surface area (Å²) in [6, 6.07) is 4.61. The number of anilines is 2. The molecule has 18 heavy (non-hydrogen) atoms. The maximum Gasteiger partial charge on any atom is 0.127 e. The van der Waals surface area contributed by atoms with Gasteiger partial charge in [-0.2, -0.15) is 0 Å². The molecule has 0 amide bonds. The van der Waals surface area contributed by atoms with Gasteiger partial charge in [0.25, 0.3) is 0 Å². The highest BCUT2D eigenvalue weighted by atomic mass is 19.1. The first-order valence-corrected chi connectivity index (χ1v) is 6.49. The summed E-state index contributed by atoms with van der Waals surface area (Å²) in [6.45, 7) is 0.836. The van der Waals surface area contributed by atoms with E-state index < -0.39 is 0 Å². The number of nitrogen functional groups attached to an aromatic ring is 1.